The molecule has 11 heteroatoms. The van der Waals surface area contributed by atoms with Crippen LogP contribution in [0.1, 0.15) is 40.2 Å². The number of carboxylic acid groups (broad SMARTS) is 1. The molecule has 8 nitrogen and oxygen atoms in total. The number of carbonyl (C=O) groups excluding carboxylic acids is 1. The van der Waals surface area contributed by atoms with Crippen LogP contribution in [0.5, 0.6) is 0 Å². The predicted molar refractivity (Wildman–Crippen MR) is 169 cm³/mol. The number of nitrogens with zero attached hydrogens (tertiary/aromatic N) is 2. The number of ether oxygens (including phenoxy) is 1. The van der Waals surface area contributed by atoms with Crippen molar-refractivity contribution in [3.8, 4) is 11.3 Å². The minimum Gasteiger partial charge on any atom is -0.478 e. The molecule has 44 heavy (non-hydrogen) atoms. The first-order valence-electron chi connectivity index (χ1n) is 13.4. The normalized spacial score (nSPS) is 14.7. The van der Waals surface area contributed by atoms with Crippen molar-refractivity contribution in [3.63, 3.8) is 0 Å². The van der Waals surface area contributed by atoms with E-state index in [1.54, 1.807) is 55.5 Å². The Labute approximate surface area is 264 Å². The largest absolute Gasteiger partial charge is 0.478 e. The van der Waals surface area contributed by atoms with Gasteiger partial charge in [0.05, 0.1) is 39.0 Å². The molecular formula is C33H22Cl2N2O6S. The van der Waals surface area contributed by atoms with Gasteiger partial charge in [0.2, 0.25) is 0 Å². The van der Waals surface area contributed by atoms with Gasteiger partial charge in [-0.25, -0.2) is 14.6 Å². The Balaban J connectivity index is 1.52. The van der Waals surface area contributed by atoms with Crippen LogP contribution in [-0.2, 0) is 9.53 Å². The Morgan fingerprint density at radius 3 is 2.45 bits per heavy atom. The Morgan fingerprint density at radius 1 is 1.02 bits per heavy atom. The first-order valence-corrected chi connectivity index (χ1v) is 15.0. The highest BCUT2D eigenvalue weighted by molar-refractivity contribution is 7.07. The third-order valence-corrected chi connectivity index (χ3v) is 8.49. The second-order valence-corrected chi connectivity index (χ2v) is 11.5. The van der Waals surface area contributed by atoms with Crippen LogP contribution >= 0.6 is 34.5 Å². The zero-order valence-electron chi connectivity index (χ0n) is 23.0. The van der Waals surface area contributed by atoms with Crippen LogP contribution in [0, 0.1) is 0 Å². The molecule has 0 unspecified atom stereocenters. The second-order valence-electron chi connectivity index (χ2n) is 9.68. The summed E-state index contributed by atoms with van der Waals surface area (Å²) in [5.74, 6) is -0.874. The maximum Gasteiger partial charge on any atom is 0.338 e. The smallest absolute Gasteiger partial charge is 0.338 e. The summed E-state index contributed by atoms with van der Waals surface area (Å²) >= 11 is 13.5. The Bertz CT molecular complexity index is 2130. The molecule has 2 aromatic heterocycles. The third kappa shape index (κ3) is 5.53. The summed E-state index contributed by atoms with van der Waals surface area (Å²) in [5, 5.41) is 9.85. The van der Waals surface area contributed by atoms with Crippen molar-refractivity contribution in [1.29, 1.82) is 0 Å². The summed E-state index contributed by atoms with van der Waals surface area (Å²) in [4.78, 5) is 44.1. The number of hydrogen-bond acceptors (Lipinski definition) is 7. The summed E-state index contributed by atoms with van der Waals surface area (Å²) in [5.41, 5.74) is 2.21. The molecule has 0 fully saturated rings. The van der Waals surface area contributed by atoms with Crippen molar-refractivity contribution in [1.82, 2.24) is 4.57 Å². The molecule has 1 aliphatic heterocycles. The van der Waals surface area contributed by atoms with E-state index in [0.29, 0.717) is 48.3 Å². The summed E-state index contributed by atoms with van der Waals surface area (Å²) in [6, 6.07) is 23.3. The van der Waals surface area contributed by atoms with Gasteiger partial charge in [-0.3, -0.25) is 9.36 Å². The number of rotatable bonds is 7. The van der Waals surface area contributed by atoms with Crippen molar-refractivity contribution in [3.05, 3.63) is 143 Å². The van der Waals surface area contributed by atoms with Crippen molar-refractivity contribution in [2.24, 2.45) is 4.99 Å². The Kier molecular flexibility index (Phi) is 8.09. The number of halogens is 2. The summed E-state index contributed by atoms with van der Waals surface area (Å²) in [6.45, 7) is 1.87. The van der Waals surface area contributed by atoms with Crippen molar-refractivity contribution in [2.75, 3.05) is 6.61 Å². The topological polar surface area (TPSA) is 111 Å². The lowest BCUT2D eigenvalue weighted by Gasteiger charge is -2.25. The number of aromatic nitrogens is 1. The molecular weight excluding hydrogens is 623 g/mol. The monoisotopic (exact) mass is 644 g/mol. The standard InChI is InChI=1S/C33H22Cl2N2O6S/c1-2-42-32(41)27-28(18-6-4-3-5-7-18)36-33-37(29(27)19-8-11-21(34)12-9-19)30(38)26(44-33)17-22-13-15-25(43-22)20-10-14-23(31(39)40)24(35)16-20/h3-17,29H,2H2,1H3,(H,39,40)/b26-17-/t29-/m1/s1. The van der Waals surface area contributed by atoms with Crippen LogP contribution in [0.4, 0.5) is 0 Å². The number of aromatic carboxylic acids is 1. The van der Waals surface area contributed by atoms with Gasteiger partial charge in [0.1, 0.15) is 11.5 Å². The SMILES string of the molecule is CCOC(=O)C1=C(c2ccccc2)N=c2s/c(=C\c3ccc(-c4ccc(C(=O)O)c(Cl)c4)o3)c(=O)n2[C@@H]1c1ccc(Cl)cc1. The number of thiazole rings is 1. The number of benzene rings is 3. The highest BCUT2D eigenvalue weighted by Crippen LogP contribution is 2.35. The van der Waals surface area contributed by atoms with Crippen LogP contribution in [0.2, 0.25) is 10.0 Å². The molecule has 3 aromatic carbocycles. The number of esters is 1. The van der Waals surface area contributed by atoms with E-state index < -0.39 is 18.0 Å². The molecule has 0 spiro atoms. The summed E-state index contributed by atoms with van der Waals surface area (Å²) < 4.78 is 13.3. The Hall–Kier alpha value is -4.70. The fraction of sp³-hybridized carbons (Fsp3) is 0.0909. The van der Waals surface area contributed by atoms with Gasteiger partial charge in [-0.2, -0.15) is 0 Å². The van der Waals surface area contributed by atoms with Gasteiger partial charge in [0.25, 0.3) is 5.56 Å². The highest BCUT2D eigenvalue weighted by Gasteiger charge is 2.35. The minimum atomic E-state index is -1.13. The van der Waals surface area contributed by atoms with Crippen molar-refractivity contribution < 1.29 is 23.8 Å². The lowest BCUT2D eigenvalue weighted by atomic mass is 9.93. The van der Waals surface area contributed by atoms with E-state index in [2.05, 4.69) is 0 Å². The zero-order chi connectivity index (χ0) is 31.0. The molecule has 0 bridgehead atoms. The Morgan fingerprint density at radius 2 is 1.77 bits per heavy atom. The number of hydrogen-bond donors (Lipinski definition) is 1. The summed E-state index contributed by atoms with van der Waals surface area (Å²) in [7, 11) is 0. The number of carbonyl (C=O) groups is 2. The first-order chi connectivity index (χ1) is 21.2. The fourth-order valence-electron chi connectivity index (χ4n) is 4.96. The van der Waals surface area contributed by atoms with Gasteiger partial charge < -0.3 is 14.3 Å². The third-order valence-electron chi connectivity index (χ3n) is 6.94. The molecule has 0 saturated carbocycles. The second kappa shape index (κ2) is 12.1. The first kappa shape index (κ1) is 29.4. The van der Waals surface area contributed by atoms with Crippen molar-refractivity contribution in [2.45, 2.75) is 13.0 Å². The van der Waals surface area contributed by atoms with Gasteiger partial charge in [-0.1, -0.05) is 83.1 Å². The lowest BCUT2D eigenvalue weighted by molar-refractivity contribution is -0.138. The van der Waals surface area contributed by atoms with E-state index in [1.165, 1.54) is 28.0 Å². The molecule has 1 aliphatic rings. The predicted octanol–water partition coefficient (Wildman–Crippen LogP) is 6.20. The van der Waals surface area contributed by atoms with Gasteiger partial charge in [0, 0.05) is 22.2 Å². The van der Waals surface area contributed by atoms with E-state index in [4.69, 9.17) is 37.3 Å². The van der Waals surface area contributed by atoms with Crippen LogP contribution in [0.15, 0.2) is 105 Å². The molecule has 0 amide bonds. The van der Waals surface area contributed by atoms with Gasteiger partial charge in [0.15, 0.2) is 4.80 Å². The van der Waals surface area contributed by atoms with Gasteiger partial charge in [-0.05, 0) is 48.9 Å². The van der Waals surface area contributed by atoms with Gasteiger partial charge in [-0.15, -0.1) is 0 Å². The average molecular weight is 646 g/mol. The maximum absolute atomic E-state index is 14.0. The van der Waals surface area contributed by atoms with Crippen LogP contribution in [0.25, 0.3) is 23.1 Å². The number of furan rings is 1. The molecule has 0 radical (unpaired) electrons. The molecule has 1 N–H and O–H groups in total. The maximum atomic E-state index is 14.0. The number of fused-ring (bicyclic) bond motifs is 1. The molecule has 5 aromatic rings. The molecule has 6 rings (SSSR count). The highest BCUT2D eigenvalue weighted by atomic mass is 35.5. The lowest BCUT2D eigenvalue weighted by Crippen LogP contribution is -2.39. The van der Waals surface area contributed by atoms with Crippen LogP contribution in [-0.4, -0.2) is 28.2 Å². The quantitative estimate of drug-likeness (QED) is 0.211. The van der Waals surface area contributed by atoms with E-state index in [-0.39, 0.29) is 28.3 Å². The molecule has 1 atom stereocenters. The zero-order valence-corrected chi connectivity index (χ0v) is 25.3. The molecule has 0 aliphatic carbocycles. The van der Waals surface area contributed by atoms with Crippen LogP contribution < -0.4 is 14.9 Å². The van der Waals surface area contributed by atoms with Crippen LogP contribution in [0.3, 0.4) is 0 Å². The number of carboxylic acids is 1. The van der Waals surface area contributed by atoms with E-state index in [9.17, 15) is 19.5 Å². The fourth-order valence-corrected chi connectivity index (χ4v) is 6.33. The average Bonchev–Trinajstić information content (AvgIpc) is 3.61. The van der Waals surface area contributed by atoms with Gasteiger partial charge >= 0.3 is 11.9 Å². The van der Waals surface area contributed by atoms with E-state index >= 15 is 0 Å². The van der Waals surface area contributed by atoms with E-state index in [1.807, 2.05) is 30.3 Å². The molecule has 0 saturated heterocycles. The summed E-state index contributed by atoms with van der Waals surface area (Å²) in [6.07, 6.45) is 1.61. The van der Waals surface area contributed by atoms with E-state index in [0.717, 1.165) is 0 Å². The minimum absolute atomic E-state index is 0.0180. The van der Waals surface area contributed by atoms with Crippen molar-refractivity contribution >= 4 is 58.3 Å². The molecule has 220 valence electrons. The molecule has 3 heterocycles.